The Bertz CT molecular complexity index is 528. The van der Waals surface area contributed by atoms with Gasteiger partial charge >= 0.3 is 12.0 Å². The lowest BCUT2D eigenvalue weighted by atomic mass is 10.1. The first-order chi connectivity index (χ1) is 9.40. The molecule has 0 spiro atoms. The van der Waals surface area contributed by atoms with Crippen LogP contribution >= 0.6 is 0 Å². The van der Waals surface area contributed by atoms with Crippen LogP contribution in [0.5, 0.6) is 0 Å². The van der Waals surface area contributed by atoms with E-state index < -0.39 is 17.9 Å². The number of benzene rings is 1. The van der Waals surface area contributed by atoms with Gasteiger partial charge in [0.2, 0.25) is 5.91 Å². The fraction of sp³-hybridized carbons (Fsp3) is 0.308. The summed E-state index contributed by atoms with van der Waals surface area (Å²) in [6.45, 7) is 2.07. The van der Waals surface area contributed by atoms with Crippen LogP contribution in [-0.4, -0.2) is 29.6 Å². The number of anilines is 1. The predicted molar refractivity (Wildman–Crippen MR) is 73.6 cm³/mol. The molecule has 1 rings (SSSR count). The van der Waals surface area contributed by atoms with Gasteiger partial charge in [0, 0.05) is 18.7 Å². The first kappa shape index (κ1) is 15.5. The lowest BCUT2D eigenvalue weighted by molar-refractivity contribution is -0.118. The molecule has 1 aromatic carbocycles. The zero-order chi connectivity index (χ0) is 15.1. The fourth-order valence-corrected chi connectivity index (χ4v) is 1.52. The molecule has 1 aromatic rings. The Hall–Kier alpha value is -2.57. The molecule has 0 unspecified atom stereocenters. The number of carbonyl (C=O) groups excluding carboxylic acids is 2. The van der Waals surface area contributed by atoms with Crippen LogP contribution in [0, 0.1) is 6.92 Å². The number of amides is 3. The molecule has 0 aliphatic heterocycles. The summed E-state index contributed by atoms with van der Waals surface area (Å²) in [7, 11) is 0. The minimum Gasteiger partial charge on any atom is -0.478 e. The number of aromatic carboxylic acids is 1. The van der Waals surface area contributed by atoms with E-state index in [2.05, 4.69) is 10.6 Å². The average molecular weight is 279 g/mol. The third-order valence-corrected chi connectivity index (χ3v) is 2.62. The van der Waals surface area contributed by atoms with E-state index >= 15 is 0 Å². The summed E-state index contributed by atoms with van der Waals surface area (Å²) >= 11 is 0. The van der Waals surface area contributed by atoms with E-state index in [-0.39, 0.29) is 12.0 Å². The van der Waals surface area contributed by atoms with E-state index in [1.54, 1.807) is 13.0 Å². The standard InChI is InChI=1S/C13H17N3O4/c1-8-4-5-9(12(18)19)7-10(8)16-13(20)15-6-2-3-11(14)17/h4-5,7H,2-3,6H2,1H3,(H2,14,17)(H,18,19)(H2,15,16,20). The van der Waals surface area contributed by atoms with Crippen LogP contribution in [0.2, 0.25) is 0 Å². The van der Waals surface area contributed by atoms with Gasteiger partial charge in [-0.3, -0.25) is 4.79 Å². The van der Waals surface area contributed by atoms with Crippen molar-refractivity contribution in [3.8, 4) is 0 Å². The number of nitrogens with two attached hydrogens (primary N) is 1. The third-order valence-electron chi connectivity index (χ3n) is 2.62. The Morgan fingerprint density at radius 2 is 2.00 bits per heavy atom. The summed E-state index contributed by atoms with van der Waals surface area (Å²) in [5.74, 6) is -1.48. The van der Waals surface area contributed by atoms with Crippen molar-refractivity contribution >= 4 is 23.6 Å². The molecule has 7 nitrogen and oxygen atoms in total. The summed E-state index contributed by atoms with van der Waals surface area (Å²) in [5.41, 5.74) is 6.25. The van der Waals surface area contributed by atoms with Gasteiger partial charge in [0.05, 0.1) is 5.56 Å². The highest BCUT2D eigenvalue weighted by molar-refractivity contribution is 5.93. The second-order valence-electron chi connectivity index (χ2n) is 4.29. The first-order valence-electron chi connectivity index (χ1n) is 6.07. The van der Waals surface area contributed by atoms with E-state index in [1.165, 1.54) is 12.1 Å². The van der Waals surface area contributed by atoms with Crippen LogP contribution < -0.4 is 16.4 Å². The second-order valence-corrected chi connectivity index (χ2v) is 4.29. The van der Waals surface area contributed by atoms with Gasteiger partial charge < -0.3 is 21.5 Å². The van der Waals surface area contributed by atoms with Crippen molar-refractivity contribution in [2.75, 3.05) is 11.9 Å². The average Bonchev–Trinajstić information content (AvgIpc) is 2.37. The molecule has 0 atom stereocenters. The Labute approximate surface area is 116 Å². The Balaban J connectivity index is 2.55. The highest BCUT2D eigenvalue weighted by atomic mass is 16.4. The van der Waals surface area contributed by atoms with Crippen molar-refractivity contribution < 1.29 is 19.5 Å². The third kappa shape index (κ3) is 4.97. The van der Waals surface area contributed by atoms with Crippen molar-refractivity contribution in [2.45, 2.75) is 19.8 Å². The van der Waals surface area contributed by atoms with Gasteiger partial charge in [-0.1, -0.05) is 6.07 Å². The smallest absolute Gasteiger partial charge is 0.335 e. The number of aryl methyl sites for hydroxylation is 1. The van der Waals surface area contributed by atoms with Crippen LogP contribution in [0.25, 0.3) is 0 Å². The lowest BCUT2D eigenvalue weighted by Gasteiger charge is -2.10. The largest absolute Gasteiger partial charge is 0.478 e. The van der Waals surface area contributed by atoms with E-state index in [0.717, 1.165) is 5.56 Å². The molecule has 0 aromatic heterocycles. The number of primary amides is 1. The quantitative estimate of drug-likeness (QED) is 0.582. The summed E-state index contributed by atoms with van der Waals surface area (Å²) < 4.78 is 0. The predicted octanol–water partition coefficient (Wildman–Crippen LogP) is 1.08. The molecular weight excluding hydrogens is 262 g/mol. The van der Waals surface area contributed by atoms with E-state index in [1.807, 2.05) is 0 Å². The number of carboxylic acids is 1. The molecular formula is C13H17N3O4. The van der Waals surface area contributed by atoms with Gasteiger partial charge in [-0.15, -0.1) is 0 Å². The summed E-state index contributed by atoms with van der Waals surface area (Å²) in [6, 6.07) is 4.01. The number of carboxylic acid groups (broad SMARTS) is 1. The van der Waals surface area contributed by atoms with Gasteiger partial charge in [0.25, 0.3) is 0 Å². The normalized spacial score (nSPS) is 9.85. The minimum absolute atomic E-state index is 0.0969. The van der Waals surface area contributed by atoms with Gasteiger partial charge in [-0.25, -0.2) is 9.59 Å². The summed E-state index contributed by atoms with van der Waals surface area (Å²) in [6.07, 6.45) is 0.657. The van der Waals surface area contributed by atoms with Gasteiger partial charge in [-0.2, -0.15) is 0 Å². The number of hydrogen-bond acceptors (Lipinski definition) is 3. The van der Waals surface area contributed by atoms with Crippen molar-refractivity contribution in [1.82, 2.24) is 5.32 Å². The van der Waals surface area contributed by atoms with Gasteiger partial charge in [-0.05, 0) is 31.0 Å². The second kappa shape index (κ2) is 7.13. The summed E-state index contributed by atoms with van der Waals surface area (Å²) in [5, 5.41) is 14.0. The van der Waals surface area contributed by atoms with E-state index in [4.69, 9.17) is 10.8 Å². The number of carbonyl (C=O) groups is 3. The van der Waals surface area contributed by atoms with E-state index in [9.17, 15) is 14.4 Å². The van der Waals surface area contributed by atoms with Crippen molar-refractivity contribution in [3.05, 3.63) is 29.3 Å². The molecule has 7 heteroatoms. The number of rotatable bonds is 6. The molecule has 3 amide bonds. The molecule has 0 saturated carbocycles. The van der Waals surface area contributed by atoms with Crippen molar-refractivity contribution in [2.24, 2.45) is 5.73 Å². The molecule has 0 radical (unpaired) electrons. The minimum atomic E-state index is -1.06. The van der Waals surface area contributed by atoms with E-state index in [0.29, 0.717) is 18.7 Å². The monoisotopic (exact) mass is 279 g/mol. The number of urea groups is 1. The topological polar surface area (TPSA) is 122 Å². The van der Waals surface area contributed by atoms with Crippen molar-refractivity contribution in [1.29, 1.82) is 0 Å². The Morgan fingerprint density at radius 3 is 2.60 bits per heavy atom. The Morgan fingerprint density at radius 1 is 1.30 bits per heavy atom. The molecule has 0 fully saturated rings. The first-order valence-corrected chi connectivity index (χ1v) is 6.07. The molecule has 0 bridgehead atoms. The molecule has 20 heavy (non-hydrogen) atoms. The summed E-state index contributed by atoms with van der Waals surface area (Å²) in [4.78, 5) is 33.0. The zero-order valence-electron chi connectivity index (χ0n) is 11.1. The maximum absolute atomic E-state index is 11.6. The van der Waals surface area contributed by atoms with Gasteiger partial charge in [0.1, 0.15) is 0 Å². The van der Waals surface area contributed by atoms with Crippen LogP contribution in [0.1, 0.15) is 28.8 Å². The van der Waals surface area contributed by atoms with Crippen LogP contribution in [0.15, 0.2) is 18.2 Å². The SMILES string of the molecule is Cc1ccc(C(=O)O)cc1NC(=O)NCCCC(N)=O. The Kier molecular flexibility index (Phi) is 5.52. The molecule has 0 heterocycles. The molecule has 0 aliphatic carbocycles. The fourth-order valence-electron chi connectivity index (χ4n) is 1.52. The maximum Gasteiger partial charge on any atom is 0.335 e. The maximum atomic E-state index is 11.6. The number of nitrogens with one attached hydrogen (secondary N) is 2. The molecule has 5 N–H and O–H groups in total. The highest BCUT2D eigenvalue weighted by Crippen LogP contribution is 2.16. The van der Waals surface area contributed by atoms with Gasteiger partial charge in [0.15, 0.2) is 0 Å². The molecule has 0 saturated heterocycles. The highest BCUT2D eigenvalue weighted by Gasteiger charge is 2.08. The lowest BCUT2D eigenvalue weighted by Crippen LogP contribution is -2.30. The number of hydrogen-bond donors (Lipinski definition) is 4. The van der Waals surface area contributed by atoms with Crippen LogP contribution in [-0.2, 0) is 4.79 Å². The molecule has 0 aliphatic rings. The van der Waals surface area contributed by atoms with Crippen LogP contribution in [0.3, 0.4) is 0 Å². The molecule has 108 valence electrons. The zero-order valence-corrected chi connectivity index (χ0v) is 11.1. The van der Waals surface area contributed by atoms with Crippen LogP contribution in [0.4, 0.5) is 10.5 Å². The van der Waals surface area contributed by atoms with Crippen molar-refractivity contribution in [3.63, 3.8) is 0 Å².